The van der Waals surface area contributed by atoms with Crippen LogP contribution in [0.25, 0.3) is 10.4 Å². The van der Waals surface area contributed by atoms with Gasteiger partial charge in [0, 0.05) is 18.0 Å². The first-order chi connectivity index (χ1) is 13.6. The van der Waals surface area contributed by atoms with Crippen LogP contribution >= 0.6 is 11.3 Å². The number of benzene rings is 1. The first-order valence-electron chi connectivity index (χ1n) is 8.79. The van der Waals surface area contributed by atoms with Gasteiger partial charge in [-0.15, -0.1) is 24.5 Å². The van der Waals surface area contributed by atoms with Crippen LogP contribution in [-0.2, 0) is 4.79 Å². The van der Waals surface area contributed by atoms with Gasteiger partial charge in [0.25, 0.3) is 5.91 Å². The fourth-order valence-electron chi connectivity index (χ4n) is 2.88. The lowest BCUT2D eigenvalue weighted by Crippen LogP contribution is -3.15. The Morgan fingerprint density at radius 3 is 2.54 bits per heavy atom. The summed E-state index contributed by atoms with van der Waals surface area (Å²) in [5.41, 5.74) is 1.63. The third-order valence-corrected chi connectivity index (χ3v) is 5.51. The van der Waals surface area contributed by atoms with Crippen molar-refractivity contribution in [2.45, 2.75) is 0 Å². The van der Waals surface area contributed by atoms with E-state index in [0.717, 1.165) is 16.2 Å². The van der Waals surface area contributed by atoms with Crippen LogP contribution in [0.4, 0.5) is 5.69 Å². The molecule has 144 valence electrons. The van der Waals surface area contributed by atoms with Crippen LogP contribution in [0.15, 0.2) is 60.6 Å². The van der Waals surface area contributed by atoms with Gasteiger partial charge >= 0.3 is 5.91 Å². The number of methoxy groups -OCH3 is 1. The van der Waals surface area contributed by atoms with E-state index in [4.69, 9.17) is 4.74 Å². The number of fused-ring (bicyclic) bond motifs is 1. The van der Waals surface area contributed by atoms with Gasteiger partial charge in [-0.25, -0.2) is 14.7 Å². The molecule has 1 aromatic heterocycles. The Morgan fingerprint density at radius 2 is 1.93 bits per heavy atom. The number of hydrogen-bond donors (Lipinski definition) is 1. The minimum Gasteiger partial charge on any atom is -0.497 e. The maximum Gasteiger partial charge on any atom is 0.362 e. The number of amides is 2. The van der Waals surface area contributed by atoms with Crippen molar-refractivity contribution in [1.29, 1.82) is 0 Å². The second kappa shape index (κ2) is 8.77. The number of nitrogens with one attached hydrogen (secondary N) is 1. The molecular weight excluding hydrogens is 374 g/mol. The van der Waals surface area contributed by atoms with Crippen molar-refractivity contribution in [3.05, 3.63) is 60.5 Å². The molecule has 28 heavy (non-hydrogen) atoms. The van der Waals surface area contributed by atoms with E-state index in [1.54, 1.807) is 24.2 Å². The van der Waals surface area contributed by atoms with Crippen molar-refractivity contribution >= 4 is 35.2 Å². The Morgan fingerprint density at radius 1 is 1.25 bits per heavy atom. The molecule has 2 amide bonds. The molecule has 0 fully saturated rings. The van der Waals surface area contributed by atoms with Crippen LogP contribution in [0.1, 0.15) is 9.67 Å². The topological polar surface area (TPSA) is 63.4 Å². The zero-order valence-corrected chi connectivity index (χ0v) is 16.5. The Balaban J connectivity index is 1.77. The lowest BCUT2D eigenvalue weighted by atomic mass is 10.1. The van der Waals surface area contributed by atoms with E-state index < -0.39 is 0 Å². The van der Waals surface area contributed by atoms with Crippen LogP contribution in [0.5, 0.6) is 5.75 Å². The van der Waals surface area contributed by atoms with E-state index in [1.165, 1.54) is 17.7 Å². The summed E-state index contributed by atoms with van der Waals surface area (Å²) in [7, 11) is 1.62. The molecule has 3 rings (SSSR count). The Bertz CT molecular complexity index is 921. The molecule has 7 heteroatoms. The van der Waals surface area contributed by atoms with E-state index in [2.05, 4.69) is 18.2 Å². The smallest absolute Gasteiger partial charge is 0.362 e. The van der Waals surface area contributed by atoms with Crippen LogP contribution < -0.4 is 9.64 Å². The van der Waals surface area contributed by atoms with Gasteiger partial charge in [0.05, 0.1) is 12.8 Å². The molecule has 2 aromatic rings. The Hall–Kier alpha value is -3.03. The predicted octanol–water partition coefficient (Wildman–Crippen LogP) is 2.32. The van der Waals surface area contributed by atoms with Crippen molar-refractivity contribution in [1.82, 2.24) is 4.90 Å². The van der Waals surface area contributed by atoms with Crippen molar-refractivity contribution in [2.75, 3.05) is 26.7 Å². The Labute approximate surface area is 168 Å². The largest absolute Gasteiger partial charge is 0.497 e. The third kappa shape index (κ3) is 4.11. The van der Waals surface area contributed by atoms with Gasteiger partial charge in [-0.1, -0.05) is 12.2 Å². The van der Waals surface area contributed by atoms with Crippen LogP contribution in [0.2, 0.25) is 0 Å². The number of hydrogen-bond acceptors (Lipinski definition) is 5. The summed E-state index contributed by atoms with van der Waals surface area (Å²) in [6, 6.07) is 9.55. The molecule has 1 aromatic carbocycles. The van der Waals surface area contributed by atoms with Gasteiger partial charge in [0.15, 0.2) is 17.8 Å². The maximum atomic E-state index is 12.9. The molecule has 0 spiro atoms. The minimum atomic E-state index is -0.148. The highest BCUT2D eigenvalue weighted by molar-refractivity contribution is 7.18. The number of carbonyl (C=O) groups is 2. The number of nitrogens with zero attached hydrogens (tertiary/aromatic N) is 2. The molecule has 0 aliphatic carbocycles. The van der Waals surface area contributed by atoms with E-state index in [9.17, 15) is 9.59 Å². The summed E-state index contributed by atoms with van der Waals surface area (Å²) in [6.07, 6.45) is 4.82. The average molecular weight is 396 g/mol. The van der Waals surface area contributed by atoms with Crippen molar-refractivity contribution in [3.8, 4) is 16.2 Å². The van der Waals surface area contributed by atoms with Crippen LogP contribution in [0.3, 0.4) is 0 Å². The normalized spacial score (nSPS) is 15.0. The highest BCUT2D eigenvalue weighted by Crippen LogP contribution is 2.37. The van der Waals surface area contributed by atoms with Gasteiger partial charge in [0.1, 0.15) is 5.75 Å². The van der Waals surface area contributed by atoms with Crippen molar-refractivity contribution in [3.63, 3.8) is 0 Å². The molecule has 1 unspecified atom stereocenters. The third-order valence-electron chi connectivity index (χ3n) is 4.34. The minimum absolute atomic E-state index is 0.0131. The van der Waals surface area contributed by atoms with Gasteiger partial charge in [0.2, 0.25) is 0 Å². The fourth-order valence-corrected chi connectivity index (χ4v) is 3.96. The zero-order valence-electron chi connectivity index (χ0n) is 15.7. The molecular formula is C21H22N3O3S+. The number of carbonyl (C=O) groups excluding carboxylic acids is 2. The monoisotopic (exact) mass is 396 g/mol. The van der Waals surface area contributed by atoms with E-state index in [1.807, 2.05) is 30.3 Å². The van der Waals surface area contributed by atoms with E-state index >= 15 is 0 Å². The first-order valence-corrected chi connectivity index (χ1v) is 9.61. The number of rotatable bonds is 8. The molecule has 6 nitrogen and oxygen atoms in total. The van der Waals surface area contributed by atoms with Crippen LogP contribution in [-0.4, -0.2) is 49.8 Å². The molecule has 1 N–H and O–H groups in total. The molecule has 1 atom stereocenters. The van der Waals surface area contributed by atoms with Gasteiger partial charge in [-0.3, -0.25) is 4.79 Å². The summed E-state index contributed by atoms with van der Waals surface area (Å²) in [5, 5.41) is 0. The second-order valence-corrected chi connectivity index (χ2v) is 7.27. The predicted molar refractivity (Wildman–Crippen MR) is 112 cm³/mol. The number of aliphatic imine (C=N–C) groups is 1. The lowest BCUT2D eigenvalue weighted by Gasteiger charge is -2.21. The maximum absolute atomic E-state index is 12.9. The molecule has 0 saturated heterocycles. The molecule has 2 heterocycles. The number of ether oxygens (including phenoxy) is 1. The van der Waals surface area contributed by atoms with Crippen LogP contribution in [0, 0.1) is 0 Å². The molecule has 1 aliphatic rings. The molecule has 0 saturated carbocycles. The fraction of sp³-hybridized carbons (Fsp3) is 0.190. The Kier molecular flexibility index (Phi) is 6.18. The summed E-state index contributed by atoms with van der Waals surface area (Å²) in [4.78, 5) is 33.3. The quantitative estimate of drug-likeness (QED) is 0.697. The molecule has 1 aliphatic heterocycles. The zero-order chi connectivity index (χ0) is 20.1. The highest BCUT2D eigenvalue weighted by atomic mass is 32.1. The summed E-state index contributed by atoms with van der Waals surface area (Å²) < 4.78 is 5.18. The van der Waals surface area contributed by atoms with E-state index in [0.29, 0.717) is 28.6 Å². The SMILES string of the molecule is C=CCN(CC=C)C(=O)C[NH+]1C=Nc2cc(-c3ccc(OC)cc3)sc2C1=O. The van der Waals surface area contributed by atoms with Gasteiger partial charge in [-0.2, -0.15) is 0 Å². The number of thiophene rings is 1. The summed E-state index contributed by atoms with van der Waals surface area (Å²) in [5.74, 6) is 0.488. The highest BCUT2D eigenvalue weighted by Gasteiger charge is 2.32. The number of quaternary nitrogens is 1. The van der Waals surface area contributed by atoms with Gasteiger partial charge < -0.3 is 9.64 Å². The standard InChI is InChI=1S/C21H21N3O3S/c1-4-10-23(11-5-2)19(25)13-24-14-22-17-12-18(28-20(17)21(24)26)15-6-8-16(27-3)9-7-15/h4-9,12,14H,1-2,10-11,13H2,3H3/p+1. The van der Waals surface area contributed by atoms with Crippen molar-refractivity contribution < 1.29 is 19.2 Å². The van der Waals surface area contributed by atoms with Crippen molar-refractivity contribution in [2.24, 2.45) is 4.99 Å². The second-order valence-electron chi connectivity index (χ2n) is 6.22. The lowest BCUT2D eigenvalue weighted by molar-refractivity contribution is -0.695. The molecule has 0 bridgehead atoms. The summed E-state index contributed by atoms with van der Waals surface area (Å²) in [6.45, 7) is 8.17. The average Bonchev–Trinajstić information content (AvgIpc) is 3.15. The summed E-state index contributed by atoms with van der Waals surface area (Å²) >= 11 is 1.39. The van der Waals surface area contributed by atoms with E-state index in [-0.39, 0.29) is 18.4 Å². The first kappa shape index (κ1) is 19.7. The molecule has 0 radical (unpaired) electrons. The van der Waals surface area contributed by atoms with Gasteiger partial charge in [-0.05, 0) is 35.9 Å².